The first kappa shape index (κ1) is 13.8. The van der Waals surface area contributed by atoms with Crippen molar-refractivity contribution >= 4 is 11.6 Å². The average Bonchev–Trinajstić information content (AvgIpc) is 2.39. The summed E-state index contributed by atoms with van der Waals surface area (Å²) < 4.78 is 31.9. The quantitative estimate of drug-likeness (QED) is 0.745. The van der Waals surface area contributed by atoms with Crippen LogP contribution in [-0.2, 0) is 12.5 Å². The van der Waals surface area contributed by atoms with Gasteiger partial charge in [0.15, 0.2) is 0 Å². The van der Waals surface area contributed by atoms with Crippen LogP contribution in [0.15, 0.2) is 36.4 Å². The number of hydrogen-bond acceptors (Lipinski definition) is 1. The topological polar surface area (TPSA) is 9.23 Å². The molecule has 0 atom stereocenters. The van der Waals surface area contributed by atoms with Gasteiger partial charge in [0.1, 0.15) is 24.0 Å². The number of benzene rings is 2. The lowest BCUT2D eigenvalue weighted by Crippen LogP contribution is -1.99. The van der Waals surface area contributed by atoms with Crippen molar-refractivity contribution in [3.8, 4) is 5.75 Å². The normalized spacial score (nSPS) is 10.5. The molecule has 100 valence electrons. The van der Waals surface area contributed by atoms with Crippen LogP contribution < -0.4 is 4.74 Å². The molecule has 0 aliphatic rings. The first-order valence-electron chi connectivity index (χ1n) is 5.82. The minimum Gasteiger partial charge on any atom is -0.489 e. The van der Waals surface area contributed by atoms with Crippen LogP contribution in [0.3, 0.4) is 0 Å². The van der Waals surface area contributed by atoms with Gasteiger partial charge in [-0.25, -0.2) is 8.78 Å². The van der Waals surface area contributed by atoms with Gasteiger partial charge in [0.25, 0.3) is 0 Å². The van der Waals surface area contributed by atoms with Gasteiger partial charge in [0.2, 0.25) is 0 Å². The second kappa shape index (κ2) is 6.02. The molecule has 0 spiro atoms. The number of hydrogen-bond donors (Lipinski definition) is 0. The minimum atomic E-state index is -0.399. The summed E-state index contributed by atoms with van der Waals surface area (Å²) in [6.07, 6.45) is 0. The minimum absolute atomic E-state index is 0.189. The molecular formula is C15H13ClF2O. The van der Waals surface area contributed by atoms with E-state index < -0.39 is 5.82 Å². The number of rotatable bonds is 4. The molecule has 0 aliphatic heterocycles. The molecule has 0 saturated heterocycles. The summed E-state index contributed by atoms with van der Waals surface area (Å²) in [5.74, 6) is -0.110. The zero-order valence-electron chi connectivity index (χ0n) is 10.4. The van der Waals surface area contributed by atoms with Gasteiger partial charge in [-0.2, -0.15) is 0 Å². The third-order valence-electron chi connectivity index (χ3n) is 2.79. The van der Waals surface area contributed by atoms with E-state index in [9.17, 15) is 8.78 Å². The van der Waals surface area contributed by atoms with Crippen molar-refractivity contribution in [3.05, 3.63) is 64.7 Å². The summed E-state index contributed by atoms with van der Waals surface area (Å²) in [6.45, 7) is 2.06. The fourth-order valence-electron chi connectivity index (χ4n) is 1.74. The van der Waals surface area contributed by atoms with Crippen molar-refractivity contribution in [2.75, 3.05) is 0 Å². The molecule has 0 unspecified atom stereocenters. The third kappa shape index (κ3) is 3.67. The van der Waals surface area contributed by atoms with E-state index in [-0.39, 0.29) is 18.3 Å². The Morgan fingerprint density at radius 3 is 2.58 bits per heavy atom. The fraction of sp³-hybridized carbons (Fsp3) is 0.200. The highest BCUT2D eigenvalue weighted by molar-refractivity contribution is 6.17. The molecule has 2 aromatic carbocycles. The number of halogens is 3. The second-order valence-electron chi connectivity index (χ2n) is 4.29. The number of ether oxygens (including phenoxy) is 1. The van der Waals surface area contributed by atoms with E-state index in [1.807, 2.05) is 6.92 Å². The summed E-state index contributed by atoms with van der Waals surface area (Å²) in [5.41, 5.74) is 2.31. The molecule has 2 aromatic rings. The Labute approximate surface area is 115 Å². The summed E-state index contributed by atoms with van der Waals surface area (Å²) in [6, 6.07) is 8.80. The maximum Gasteiger partial charge on any atom is 0.127 e. The first-order valence-corrected chi connectivity index (χ1v) is 6.35. The standard InChI is InChI=1S/C15H13ClF2O/c1-10-2-3-13(17)6-12(10)9-19-15-5-11(8-16)4-14(18)7-15/h2-7H,8-9H2,1H3. The monoisotopic (exact) mass is 282 g/mol. The SMILES string of the molecule is Cc1ccc(F)cc1COc1cc(F)cc(CCl)c1. The molecule has 0 N–H and O–H groups in total. The molecular weight excluding hydrogens is 270 g/mol. The van der Waals surface area contributed by atoms with E-state index in [2.05, 4.69) is 0 Å². The van der Waals surface area contributed by atoms with Gasteiger partial charge in [-0.05, 0) is 47.9 Å². The Kier molecular flexibility index (Phi) is 4.38. The zero-order chi connectivity index (χ0) is 13.8. The van der Waals surface area contributed by atoms with Crippen LogP contribution in [0.4, 0.5) is 8.78 Å². The van der Waals surface area contributed by atoms with Crippen molar-refractivity contribution < 1.29 is 13.5 Å². The predicted octanol–water partition coefficient (Wildman–Crippen LogP) is 4.59. The molecule has 1 nitrogen and oxygen atoms in total. The lowest BCUT2D eigenvalue weighted by Gasteiger charge is -2.10. The Morgan fingerprint density at radius 1 is 1.05 bits per heavy atom. The smallest absolute Gasteiger partial charge is 0.127 e. The van der Waals surface area contributed by atoms with Crippen LogP contribution in [0.5, 0.6) is 5.75 Å². The highest BCUT2D eigenvalue weighted by Gasteiger charge is 2.04. The molecule has 4 heteroatoms. The van der Waals surface area contributed by atoms with Crippen molar-refractivity contribution in [1.82, 2.24) is 0 Å². The van der Waals surface area contributed by atoms with Crippen LogP contribution in [0, 0.1) is 18.6 Å². The molecule has 0 radical (unpaired) electrons. The highest BCUT2D eigenvalue weighted by Crippen LogP contribution is 2.20. The summed E-state index contributed by atoms with van der Waals surface area (Å²) >= 11 is 5.66. The molecule has 0 heterocycles. The van der Waals surface area contributed by atoms with Gasteiger partial charge >= 0.3 is 0 Å². The molecule has 2 rings (SSSR count). The van der Waals surface area contributed by atoms with E-state index in [0.717, 1.165) is 11.1 Å². The van der Waals surface area contributed by atoms with E-state index in [0.29, 0.717) is 11.3 Å². The Morgan fingerprint density at radius 2 is 1.84 bits per heavy atom. The van der Waals surface area contributed by atoms with Crippen LogP contribution in [0.1, 0.15) is 16.7 Å². The summed E-state index contributed by atoms with van der Waals surface area (Å²) in [7, 11) is 0. The van der Waals surface area contributed by atoms with E-state index in [4.69, 9.17) is 16.3 Å². The van der Waals surface area contributed by atoms with Crippen LogP contribution >= 0.6 is 11.6 Å². The lowest BCUT2D eigenvalue weighted by molar-refractivity contribution is 0.303. The van der Waals surface area contributed by atoms with Gasteiger partial charge in [-0.3, -0.25) is 0 Å². The van der Waals surface area contributed by atoms with Crippen molar-refractivity contribution in [2.45, 2.75) is 19.4 Å². The average molecular weight is 283 g/mol. The number of alkyl halides is 1. The van der Waals surface area contributed by atoms with E-state index in [1.54, 1.807) is 12.1 Å². The van der Waals surface area contributed by atoms with Crippen LogP contribution in [0.2, 0.25) is 0 Å². The van der Waals surface area contributed by atoms with Crippen LogP contribution in [-0.4, -0.2) is 0 Å². The highest BCUT2D eigenvalue weighted by atomic mass is 35.5. The maximum atomic E-state index is 13.3. The summed E-state index contributed by atoms with van der Waals surface area (Å²) in [4.78, 5) is 0. The fourth-order valence-corrected chi connectivity index (χ4v) is 1.89. The zero-order valence-corrected chi connectivity index (χ0v) is 11.2. The molecule has 19 heavy (non-hydrogen) atoms. The molecule has 0 fully saturated rings. The molecule has 0 amide bonds. The molecule has 0 bridgehead atoms. The Balaban J connectivity index is 2.14. The third-order valence-corrected chi connectivity index (χ3v) is 3.10. The molecule has 0 saturated carbocycles. The second-order valence-corrected chi connectivity index (χ2v) is 4.56. The Hall–Kier alpha value is -1.61. The van der Waals surface area contributed by atoms with Gasteiger partial charge in [-0.15, -0.1) is 11.6 Å². The predicted molar refractivity (Wildman–Crippen MR) is 71.4 cm³/mol. The van der Waals surface area contributed by atoms with Crippen molar-refractivity contribution in [3.63, 3.8) is 0 Å². The first-order chi connectivity index (χ1) is 9.08. The molecule has 0 aliphatic carbocycles. The van der Waals surface area contributed by atoms with Gasteiger partial charge < -0.3 is 4.74 Å². The van der Waals surface area contributed by atoms with Crippen LogP contribution in [0.25, 0.3) is 0 Å². The van der Waals surface area contributed by atoms with Crippen molar-refractivity contribution in [1.29, 1.82) is 0 Å². The largest absolute Gasteiger partial charge is 0.489 e. The molecule has 0 aromatic heterocycles. The maximum absolute atomic E-state index is 13.3. The lowest BCUT2D eigenvalue weighted by atomic mass is 10.1. The van der Waals surface area contributed by atoms with Gasteiger partial charge in [-0.1, -0.05) is 6.07 Å². The van der Waals surface area contributed by atoms with E-state index >= 15 is 0 Å². The van der Waals surface area contributed by atoms with E-state index in [1.165, 1.54) is 24.3 Å². The van der Waals surface area contributed by atoms with Gasteiger partial charge in [0, 0.05) is 11.9 Å². The van der Waals surface area contributed by atoms with Crippen molar-refractivity contribution in [2.24, 2.45) is 0 Å². The number of aryl methyl sites for hydroxylation is 1. The van der Waals surface area contributed by atoms with Gasteiger partial charge in [0.05, 0.1) is 0 Å². The summed E-state index contributed by atoms with van der Waals surface area (Å²) in [5, 5.41) is 0. The Bertz CT molecular complexity index is 584.